The Morgan fingerprint density at radius 1 is 1.56 bits per heavy atom. The summed E-state index contributed by atoms with van der Waals surface area (Å²) in [4.78, 5) is 10.5. The summed E-state index contributed by atoms with van der Waals surface area (Å²) in [7, 11) is -3.85. The Balaban J connectivity index is 3.02. The average molecular weight is 358 g/mol. The highest BCUT2D eigenvalue weighted by Gasteiger charge is 2.25. The summed E-state index contributed by atoms with van der Waals surface area (Å²) < 4.78 is 26.2. The average Bonchev–Trinajstić information content (AvgIpc) is 2.57. The Bertz CT molecular complexity index is 558. The zero-order valence-corrected chi connectivity index (χ0v) is 12.8. The van der Waals surface area contributed by atoms with Crippen LogP contribution in [0.25, 0.3) is 0 Å². The minimum Gasteiger partial charge on any atom is -0.477 e. The van der Waals surface area contributed by atoms with Gasteiger partial charge in [0.25, 0.3) is 0 Å². The van der Waals surface area contributed by atoms with Gasteiger partial charge in [0.15, 0.2) is 0 Å². The lowest BCUT2D eigenvalue weighted by Gasteiger charge is -2.17. The van der Waals surface area contributed by atoms with Crippen LogP contribution in [0.3, 0.4) is 0 Å². The number of halogens is 1. The maximum Gasteiger partial charge on any atom is 0.345 e. The highest BCUT2D eigenvalue weighted by Crippen LogP contribution is 2.31. The molecule has 0 fully saturated rings. The number of carbonyl (C=O) groups is 1. The van der Waals surface area contributed by atoms with Crippen LogP contribution in [-0.2, 0) is 10.0 Å². The number of nitrogens with one attached hydrogen (secondary N) is 1. The molecule has 0 saturated carbocycles. The van der Waals surface area contributed by atoms with E-state index in [0.717, 1.165) is 17.4 Å². The molecule has 3 N–H and O–H groups in total. The van der Waals surface area contributed by atoms with E-state index < -0.39 is 21.6 Å². The van der Waals surface area contributed by atoms with Gasteiger partial charge in [0.2, 0.25) is 10.0 Å². The fourth-order valence-corrected chi connectivity index (χ4v) is 4.60. The summed E-state index contributed by atoms with van der Waals surface area (Å²) in [5.41, 5.74) is -1.19. The van der Waals surface area contributed by atoms with Crippen molar-refractivity contribution in [3.63, 3.8) is 0 Å². The second-order valence-corrected chi connectivity index (χ2v) is 8.30. The Hall–Kier alpha value is -0.480. The molecule has 6 nitrogen and oxygen atoms in total. The first-order chi connectivity index (χ1) is 8.03. The van der Waals surface area contributed by atoms with Crippen LogP contribution < -0.4 is 4.72 Å². The van der Waals surface area contributed by atoms with Crippen molar-refractivity contribution in [2.45, 2.75) is 24.3 Å². The molecule has 0 unspecified atom stereocenters. The number of aliphatic hydroxyl groups is 1. The number of hydrogen-bond donors (Lipinski definition) is 3. The van der Waals surface area contributed by atoms with E-state index in [1.807, 2.05) is 0 Å². The van der Waals surface area contributed by atoms with E-state index in [9.17, 15) is 18.3 Å². The molecule has 0 saturated heterocycles. The van der Waals surface area contributed by atoms with Gasteiger partial charge >= 0.3 is 5.97 Å². The third kappa shape index (κ3) is 4.02. The molecule has 0 atom stereocenters. The SMILES string of the molecule is CC(C)(O)CNS(=O)(=O)c1cc(C(=O)O)sc1Br. The van der Waals surface area contributed by atoms with E-state index in [1.54, 1.807) is 0 Å². The van der Waals surface area contributed by atoms with Gasteiger partial charge in [0, 0.05) is 6.54 Å². The lowest BCUT2D eigenvalue weighted by Crippen LogP contribution is -2.38. The molecule has 0 aliphatic heterocycles. The Labute approximate surface area is 117 Å². The van der Waals surface area contributed by atoms with Crippen molar-refractivity contribution < 1.29 is 23.4 Å². The lowest BCUT2D eigenvalue weighted by molar-refractivity contribution is 0.0701. The van der Waals surface area contributed by atoms with Gasteiger partial charge in [0.1, 0.15) is 9.77 Å². The van der Waals surface area contributed by atoms with Crippen LogP contribution in [0.15, 0.2) is 14.7 Å². The van der Waals surface area contributed by atoms with E-state index in [1.165, 1.54) is 13.8 Å². The molecule has 0 aliphatic carbocycles. The van der Waals surface area contributed by atoms with E-state index in [2.05, 4.69) is 20.7 Å². The predicted molar refractivity (Wildman–Crippen MR) is 70.5 cm³/mol. The minimum atomic E-state index is -3.85. The van der Waals surface area contributed by atoms with Gasteiger partial charge in [-0.2, -0.15) is 0 Å². The first-order valence-corrected chi connectivity index (χ1v) is 7.87. The van der Waals surface area contributed by atoms with Gasteiger partial charge in [-0.1, -0.05) is 0 Å². The molecule has 102 valence electrons. The van der Waals surface area contributed by atoms with Crippen molar-refractivity contribution in [2.75, 3.05) is 6.54 Å². The molecule has 0 amide bonds. The monoisotopic (exact) mass is 357 g/mol. The third-order valence-electron chi connectivity index (χ3n) is 1.85. The molecule has 1 heterocycles. The minimum absolute atomic E-state index is 0.0782. The highest BCUT2D eigenvalue weighted by molar-refractivity contribution is 9.11. The van der Waals surface area contributed by atoms with Crippen LogP contribution in [0.2, 0.25) is 0 Å². The number of carboxylic acid groups (broad SMARTS) is 1. The number of sulfonamides is 1. The Morgan fingerprint density at radius 3 is 2.50 bits per heavy atom. The fraction of sp³-hybridized carbons (Fsp3) is 0.444. The number of aromatic carboxylic acids is 1. The zero-order valence-electron chi connectivity index (χ0n) is 9.60. The standard InChI is InChI=1S/C9H12BrNO5S2/c1-9(2,14)4-11-18(15,16)6-3-5(8(12)13)17-7(6)10/h3,11,14H,4H2,1-2H3,(H,12,13). The number of rotatable bonds is 5. The highest BCUT2D eigenvalue weighted by atomic mass is 79.9. The molecule has 1 aromatic rings. The zero-order chi connectivity index (χ0) is 14.1. The quantitative estimate of drug-likeness (QED) is 0.735. The van der Waals surface area contributed by atoms with Gasteiger partial charge < -0.3 is 10.2 Å². The summed E-state index contributed by atoms with van der Waals surface area (Å²) in [5, 5.41) is 18.2. The number of carboxylic acids is 1. The van der Waals surface area contributed by atoms with Crippen molar-refractivity contribution in [1.82, 2.24) is 4.72 Å². The van der Waals surface area contributed by atoms with Crippen molar-refractivity contribution in [3.05, 3.63) is 14.7 Å². The van der Waals surface area contributed by atoms with Crippen LogP contribution >= 0.6 is 27.3 Å². The largest absolute Gasteiger partial charge is 0.477 e. The van der Waals surface area contributed by atoms with Gasteiger partial charge in [0.05, 0.1) is 9.39 Å². The Morgan fingerprint density at radius 2 is 2.11 bits per heavy atom. The summed E-state index contributed by atoms with van der Waals surface area (Å²) in [6.07, 6.45) is 0. The third-order valence-corrected chi connectivity index (χ3v) is 5.49. The van der Waals surface area contributed by atoms with Crippen LogP contribution in [0.4, 0.5) is 0 Å². The summed E-state index contributed by atoms with van der Waals surface area (Å²) in [6.45, 7) is 2.75. The Kier molecular flexibility index (Phi) is 4.55. The summed E-state index contributed by atoms with van der Waals surface area (Å²) >= 11 is 3.83. The molecule has 0 bridgehead atoms. The normalized spacial score (nSPS) is 12.7. The molecule has 0 radical (unpaired) electrons. The second kappa shape index (κ2) is 5.25. The van der Waals surface area contributed by atoms with Crippen LogP contribution in [-0.4, -0.2) is 36.7 Å². The topological polar surface area (TPSA) is 104 Å². The van der Waals surface area contributed by atoms with Gasteiger partial charge in [-0.25, -0.2) is 17.9 Å². The van der Waals surface area contributed by atoms with Crippen LogP contribution in [0.5, 0.6) is 0 Å². The fourth-order valence-electron chi connectivity index (χ4n) is 0.990. The van der Waals surface area contributed by atoms with Gasteiger partial charge in [-0.3, -0.25) is 0 Å². The molecule has 1 rings (SSSR count). The smallest absolute Gasteiger partial charge is 0.345 e. The maximum absolute atomic E-state index is 11.9. The van der Waals surface area contributed by atoms with Crippen molar-refractivity contribution in [3.8, 4) is 0 Å². The maximum atomic E-state index is 11.9. The van der Waals surface area contributed by atoms with E-state index in [0.29, 0.717) is 0 Å². The van der Waals surface area contributed by atoms with Crippen molar-refractivity contribution in [1.29, 1.82) is 0 Å². The van der Waals surface area contributed by atoms with E-state index in [4.69, 9.17) is 5.11 Å². The first kappa shape index (κ1) is 15.6. The molecular formula is C9H12BrNO5S2. The van der Waals surface area contributed by atoms with E-state index >= 15 is 0 Å². The molecule has 1 aromatic heterocycles. The molecule has 0 aromatic carbocycles. The summed E-state index contributed by atoms with van der Waals surface area (Å²) in [6, 6.07) is 1.07. The van der Waals surface area contributed by atoms with E-state index in [-0.39, 0.29) is 20.1 Å². The van der Waals surface area contributed by atoms with Gasteiger partial charge in [-0.15, -0.1) is 11.3 Å². The van der Waals surface area contributed by atoms with Crippen LogP contribution in [0, 0.1) is 0 Å². The molecule has 0 aliphatic rings. The van der Waals surface area contributed by atoms with Crippen molar-refractivity contribution >= 4 is 43.3 Å². The number of thiophene rings is 1. The lowest BCUT2D eigenvalue weighted by atomic mass is 10.1. The van der Waals surface area contributed by atoms with Gasteiger partial charge in [-0.05, 0) is 35.8 Å². The molecule has 18 heavy (non-hydrogen) atoms. The summed E-state index contributed by atoms with van der Waals surface area (Å²) in [5.74, 6) is -1.19. The molecule has 9 heteroatoms. The van der Waals surface area contributed by atoms with Crippen LogP contribution in [0.1, 0.15) is 23.5 Å². The molecular weight excluding hydrogens is 346 g/mol. The first-order valence-electron chi connectivity index (χ1n) is 4.77. The second-order valence-electron chi connectivity index (χ2n) is 4.19. The molecule has 0 spiro atoms. The van der Waals surface area contributed by atoms with Crippen molar-refractivity contribution in [2.24, 2.45) is 0 Å². The predicted octanol–water partition coefficient (Wildman–Crippen LogP) is 1.26. The number of hydrogen-bond acceptors (Lipinski definition) is 5.